The lowest BCUT2D eigenvalue weighted by molar-refractivity contribution is 0.163. The summed E-state index contributed by atoms with van der Waals surface area (Å²) in [6.07, 6.45) is 3.98. The molecule has 8 heteroatoms. The molecule has 1 heterocycles. The number of halogens is 1. The number of rotatable bonds is 11. The Morgan fingerprint density at radius 2 is 2.12 bits per heavy atom. The van der Waals surface area contributed by atoms with Crippen molar-refractivity contribution in [3.05, 3.63) is 16.1 Å². The molecule has 0 saturated heterocycles. The van der Waals surface area contributed by atoms with Crippen LogP contribution >= 0.6 is 35.3 Å². The number of nitrogens with one attached hydrogen (secondary N) is 2. The van der Waals surface area contributed by atoms with Gasteiger partial charge in [-0.15, -0.1) is 35.3 Å². The Kier molecular flexibility index (Phi) is 14.6. The van der Waals surface area contributed by atoms with Crippen molar-refractivity contribution in [2.24, 2.45) is 4.99 Å². The van der Waals surface area contributed by atoms with E-state index < -0.39 is 0 Å². The molecule has 0 spiro atoms. The average molecular weight is 469 g/mol. The van der Waals surface area contributed by atoms with Crippen LogP contribution in [0.2, 0.25) is 0 Å². The van der Waals surface area contributed by atoms with Crippen LogP contribution in [0.3, 0.4) is 0 Å². The van der Waals surface area contributed by atoms with Crippen LogP contribution in [0.25, 0.3) is 0 Å². The number of ether oxygens (including phenoxy) is 1. The number of guanidine groups is 1. The second-order valence-corrected chi connectivity index (χ2v) is 6.51. The molecule has 1 aromatic rings. The van der Waals surface area contributed by atoms with Gasteiger partial charge in [-0.05, 0) is 20.4 Å². The van der Waals surface area contributed by atoms with E-state index >= 15 is 0 Å². The number of aliphatic imine (C=N–C) groups is 1. The molecule has 24 heavy (non-hydrogen) atoms. The standard InChI is InChI=1S/C16H31N5OS.HI/c1-5-14-13-20-15(23-14)7-8-18-16(17-6-2)19-9-10-21(3)11-12-22-4;/h13H,5-12H2,1-4H3,(H2,17,18,19);1H. The molecule has 0 aliphatic heterocycles. The van der Waals surface area contributed by atoms with Gasteiger partial charge in [-0.3, -0.25) is 4.99 Å². The van der Waals surface area contributed by atoms with E-state index in [1.54, 1.807) is 18.4 Å². The SMILES string of the molecule is CCNC(=NCCN(C)CCOC)NCCc1ncc(CC)s1.I. The van der Waals surface area contributed by atoms with Gasteiger partial charge in [0, 0.05) is 50.8 Å². The highest BCUT2D eigenvalue weighted by Gasteiger charge is 2.02. The van der Waals surface area contributed by atoms with Crippen LogP contribution in [-0.4, -0.2) is 69.3 Å². The molecule has 0 radical (unpaired) electrons. The molecule has 1 aromatic heterocycles. The summed E-state index contributed by atoms with van der Waals surface area (Å²) >= 11 is 1.80. The molecule has 0 amide bonds. The van der Waals surface area contributed by atoms with E-state index in [1.165, 1.54) is 9.88 Å². The van der Waals surface area contributed by atoms with Gasteiger partial charge in [-0.1, -0.05) is 6.92 Å². The van der Waals surface area contributed by atoms with Gasteiger partial charge < -0.3 is 20.3 Å². The first-order chi connectivity index (χ1) is 11.2. The zero-order valence-corrected chi connectivity index (χ0v) is 18.4. The van der Waals surface area contributed by atoms with Crippen molar-refractivity contribution in [1.29, 1.82) is 0 Å². The van der Waals surface area contributed by atoms with Crippen molar-refractivity contribution in [2.75, 3.05) is 53.5 Å². The van der Waals surface area contributed by atoms with Crippen LogP contribution in [0.4, 0.5) is 0 Å². The normalized spacial score (nSPS) is 11.5. The van der Waals surface area contributed by atoms with Crippen molar-refractivity contribution in [1.82, 2.24) is 20.5 Å². The van der Waals surface area contributed by atoms with Crippen LogP contribution < -0.4 is 10.6 Å². The van der Waals surface area contributed by atoms with Crippen LogP contribution in [0, 0.1) is 0 Å². The van der Waals surface area contributed by atoms with Gasteiger partial charge in [0.15, 0.2) is 5.96 Å². The van der Waals surface area contributed by atoms with E-state index in [1.807, 2.05) is 6.20 Å². The maximum absolute atomic E-state index is 5.08. The topological polar surface area (TPSA) is 61.8 Å². The first kappa shape index (κ1) is 23.5. The molecule has 1 rings (SSSR count). The molecule has 0 saturated carbocycles. The Hall–Kier alpha value is -0.450. The highest BCUT2D eigenvalue weighted by molar-refractivity contribution is 14.0. The predicted molar refractivity (Wildman–Crippen MR) is 114 cm³/mol. The van der Waals surface area contributed by atoms with Crippen molar-refractivity contribution >= 4 is 41.3 Å². The van der Waals surface area contributed by atoms with E-state index in [9.17, 15) is 0 Å². The Bertz CT molecular complexity index is 455. The second kappa shape index (κ2) is 14.9. The number of nitrogens with zero attached hydrogens (tertiary/aromatic N) is 3. The first-order valence-corrected chi connectivity index (χ1v) is 9.14. The van der Waals surface area contributed by atoms with Crippen LogP contribution in [0.15, 0.2) is 11.2 Å². The molecule has 0 fully saturated rings. The summed E-state index contributed by atoms with van der Waals surface area (Å²) in [6, 6.07) is 0. The van der Waals surface area contributed by atoms with Gasteiger partial charge in [0.25, 0.3) is 0 Å². The molecule has 0 unspecified atom stereocenters. The summed E-state index contributed by atoms with van der Waals surface area (Å²) < 4.78 is 5.08. The third-order valence-corrected chi connectivity index (χ3v) is 4.56. The van der Waals surface area contributed by atoms with Gasteiger partial charge in [0.05, 0.1) is 18.2 Å². The Labute approximate surface area is 167 Å². The zero-order valence-electron chi connectivity index (χ0n) is 15.3. The Morgan fingerprint density at radius 3 is 2.75 bits per heavy atom. The molecule has 0 atom stereocenters. The smallest absolute Gasteiger partial charge is 0.191 e. The predicted octanol–water partition coefficient (Wildman–Crippen LogP) is 2.00. The monoisotopic (exact) mass is 469 g/mol. The molecule has 6 nitrogen and oxygen atoms in total. The van der Waals surface area contributed by atoms with Crippen LogP contribution in [0.5, 0.6) is 0 Å². The van der Waals surface area contributed by atoms with Crippen molar-refractivity contribution in [3.63, 3.8) is 0 Å². The molecule has 0 aliphatic carbocycles. The summed E-state index contributed by atoms with van der Waals surface area (Å²) in [5, 5.41) is 7.84. The largest absolute Gasteiger partial charge is 0.383 e. The highest BCUT2D eigenvalue weighted by atomic mass is 127. The molecular weight excluding hydrogens is 437 g/mol. The Balaban J connectivity index is 0.00000529. The molecule has 0 bridgehead atoms. The van der Waals surface area contributed by atoms with E-state index in [0.29, 0.717) is 0 Å². The lowest BCUT2D eigenvalue weighted by Gasteiger charge is -2.15. The fourth-order valence-electron chi connectivity index (χ4n) is 1.95. The number of thiazole rings is 1. The third kappa shape index (κ3) is 10.4. The number of methoxy groups -OCH3 is 1. The summed E-state index contributed by atoms with van der Waals surface area (Å²) in [7, 11) is 3.81. The van der Waals surface area contributed by atoms with Gasteiger partial charge >= 0.3 is 0 Å². The van der Waals surface area contributed by atoms with E-state index in [2.05, 4.69) is 46.4 Å². The maximum atomic E-state index is 5.08. The summed E-state index contributed by atoms with van der Waals surface area (Å²) in [4.78, 5) is 12.6. The Morgan fingerprint density at radius 1 is 1.33 bits per heavy atom. The number of likely N-dealkylation sites (N-methyl/N-ethyl adjacent to an activating group) is 1. The minimum atomic E-state index is 0. The average Bonchev–Trinajstić information content (AvgIpc) is 3.01. The van der Waals surface area contributed by atoms with Crippen molar-refractivity contribution in [3.8, 4) is 0 Å². The molecule has 0 aliphatic rings. The number of hydrogen-bond acceptors (Lipinski definition) is 5. The van der Waals surface area contributed by atoms with Crippen molar-refractivity contribution in [2.45, 2.75) is 26.7 Å². The molecule has 2 N–H and O–H groups in total. The molecule has 0 aromatic carbocycles. The van der Waals surface area contributed by atoms with Crippen molar-refractivity contribution < 1.29 is 4.74 Å². The van der Waals surface area contributed by atoms with E-state index in [0.717, 1.165) is 58.1 Å². The van der Waals surface area contributed by atoms with Gasteiger partial charge in [-0.25, -0.2) is 4.98 Å². The third-order valence-electron chi connectivity index (χ3n) is 3.35. The van der Waals surface area contributed by atoms with Gasteiger partial charge in [0.1, 0.15) is 0 Å². The highest BCUT2D eigenvalue weighted by Crippen LogP contribution is 2.13. The number of aryl methyl sites for hydroxylation is 1. The number of hydrogen-bond donors (Lipinski definition) is 2. The lowest BCUT2D eigenvalue weighted by Crippen LogP contribution is -2.39. The van der Waals surface area contributed by atoms with Crippen LogP contribution in [-0.2, 0) is 17.6 Å². The second-order valence-electron chi connectivity index (χ2n) is 5.31. The quantitative estimate of drug-likeness (QED) is 0.295. The van der Waals surface area contributed by atoms with E-state index in [4.69, 9.17) is 4.74 Å². The minimum absolute atomic E-state index is 0. The zero-order chi connectivity index (χ0) is 16.9. The fraction of sp³-hybridized carbons (Fsp3) is 0.750. The first-order valence-electron chi connectivity index (χ1n) is 8.32. The molecule has 140 valence electrons. The molecular formula is C16H32IN5OS. The van der Waals surface area contributed by atoms with Gasteiger partial charge in [-0.2, -0.15) is 0 Å². The summed E-state index contributed by atoms with van der Waals surface area (Å²) in [6.45, 7) is 9.33. The lowest BCUT2D eigenvalue weighted by atomic mass is 10.4. The fourth-order valence-corrected chi connectivity index (χ4v) is 2.81. The number of aromatic nitrogens is 1. The summed E-state index contributed by atoms with van der Waals surface area (Å²) in [5.41, 5.74) is 0. The summed E-state index contributed by atoms with van der Waals surface area (Å²) in [5.74, 6) is 0.875. The van der Waals surface area contributed by atoms with Gasteiger partial charge in [0.2, 0.25) is 0 Å². The van der Waals surface area contributed by atoms with E-state index in [-0.39, 0.29) is 24.0 Å². The minimum Gasteiger partial charge on any atom is -0.383 e. The van der Waals surface area contributed by atoms with Crippen LogP contribution in [0.1, 0.15) is 23.7 Å². The maximum Gasteiger partial charge on any atom is 0.191 e.